The third kappa shape index (κ3) is 1.33. The lowest BCUT2D eigenvalue weighted by molar-refractivity contribution is 0.0775. The molecular formula is C7H9O2. The molecule has 9 heavy (non-hydrogen) atoms. The Balaban J connectivity index is 2.90. The van der Waals surface area contributed by atoms with Gasteiger partial charge in [-0.15, -0.1) is 0 Å². The minimum atomic E-state index is -0.826. The first kappa shape index (κ1) is 6.36. The van der Waals surface area contributed by atoms with Crippen LogP contribution in [-0.2, 0) is 5.60 Å². The van der Waals surface area contributed by atoms with Gasteiger partial charge < -0.3 is 9.52 Å². The van der Waals surface area contributed by atoms with E-state index in [2.05, 4.69) is 10.7 Å². The van der Waals surface area contributed by atoms with Crippen LogP contribution in [0, 0.1) is 6.26 Å². The minimum Gasteiger partial charge on any atom is -0.461 e. The number of furan rings is 1. The molecule has 0 fully saturated rings. The highest BCUT2D eigenvalue weighted by Crippen LogP contribution is 2.18. The molecule has 0 atom stereocenters. The quantitative estimate of drug-likeness (QED) is 0.613. The normalized spacial score (nSPS) is 11.9. The average Bonchev–Trinajstić information content (AvgIpc) is 2.08. The van der Waals surface area contributed by atoms with E-state index in [1.165, 1.54) is 6.26 Å². The second-order valence-electron chi connectivity index (χ2n) is 2.50. The zero-order valence-corrected chi connectivity index (χ0v) is 5.51. The second-order valence-corrected chi connectivity index (χ2v) is 2.50. The Morgan fingerprint density at radius 3 is 2.56 bits per heavy atom. The van der Waals surface area contributed by atoms with Gasteiger partial charge in [0.1, 0.15) is 0 Å². The van der Waals surface area contributed by atoms with Crippen LogP contribution in [0.1, 0.15) is 19.4 Å². The van der Waals surface area contributed by atoms with E-state index in [-0.39, 0.29) is 0 Å². The highest BCUT2D eigenvalue weighted by molar-refractivity contribution is 5.11. The first-order chi connectivity index (χ1) is 4.11. The van der Waals surface area contributed by atoms with Gasteiger partial charge in [-0.1, -0.05) is 0 Å². The van der Waals surface area contributed by atoms with Crippen molar-refractivity contribution < 1.29 is 9.52 Å². The maximum atomic E-state index is 9.29. The summed E-state index contributed by atoms with van der Waals surface area (Å²) < 4.78 is 4.66. The molecule has 2 heteroatoms. The molecule has 49 valence electrons. The maximum absolute atomic E-state index is 9.29. The lowest BCUT2D eigenvalue weighted by Gasteiger charge is -2.12. The molecule has 0 unspecified atom stereocenters. The smallest absolute Gasteiger partial charge is 0.175 e. The summed E-state index contributed by atoms with van der Waals surface area (Å²) in [5.74, 6) is 0. The van der Waals surface area contributed by atoms with Gasteiger partial charge in [-0.25, -0.2) is 0 Å². The van der Waals surface area contributed by atoms with Crippen molar-refractivity contribution in [3.8, 4) is 0 Å². The summed E-state index contributed by atoms with van der Waals surface area (Å²) in [4.78, 5) is 0. The van der Waals surface area contributed by atoms with Crippen molar-refractivity contribution in [3.05, 3.63) is 24.2 Å². The Morgan fingerprint density at radius 1 is 1.67 bits per heavy atom. The van der Waals surface area contributed by atoms with Crippen LogP contribution in [0.4, 0.5) is 0 Å². The summed E-state index contributed by atoms with van der Waals surface area (Å²) in [7, 11) is 0. The van der Waals surface area contributed by atoms with E-state index in [9.17, 15) is 5.11 Å². The summed E-state index contributed by atoms with van der Waals surface area (Å²) in [6.07, 6.45) is 4.05. The molecule has 0 bridgehead atoms. The highest BCUT2D eigenvalue weighted by Gasteiger charge is 2.16. The van der Waals surface area contributed by atoms with Crippen LogP contribution in [0.3, 0.4) is 0 Å². The van der Waals surface area contributed by atoms with Gasteiger partial charge in [0.15, 0.2) is 6.26 Å². The SMILES string of the molecule is CC(C)(O)c1[c]occ1. The predicted octanol–water partition coefficient (Wildman–Crippen LogP) is 1.31. The molecule has 0 aliphatic carbocycles. The summed E-state index contributed by atoms with van der Waals surface area (Å²) >= 11 is 0. The molecule has 0 spiro atoms. The predicted molar refractivity (Wildman–Crippen MR) is 32.8 cm³/mol. The zero-order valence-electron chi connectivity index (χ0n) is 5.51. The van der Waals surface area contributed by atoms with Crippen LogP contribution in [-0.4, -0.2) is 5.11 Å². The van der Waals surface area contributed by atoms with Crippen molar-refractivity contribution >= 4 is 0 Å². The Hall–Kier alpha value is -0.760. The maximum Gasteiger partial charge on any atom is 0.175 e. The molecule has 1 radical (unpaired) electrons. The van der Waals surface area contributed by atoms with Gasteiger partial charge in [0, 0.05) is 5.56 Å². The van der Waals surface area contributed by atoms with Crippen LogP contribution in [0.5, 0.6) is 0 Å². The third-order valence-electron chi connectivity index (χ3n) is 1.13. The third-order valence-corrected chi connectivity index (χ3v) is 1.13. The van der Waals surface area contributed by atoms with Crippen LogP contribution >= 0.6 is 0 Å². The number of hydrogen-bond donors (Lipinski definition) is 1. The Morgan fingerprint density at radius 2 is 2.33 bits per heavy atom. The van der Waals surface area contributed by atoms with E-state index in [0.29, 0.717) is 5.56 Å². The highest BCUT2D eigenvalue weighted by atomic mass is 16.3. The van der Waals surface area contributed by atoms with Gasteiger partial charge in [0.05, 0.1) is 11.9 Å². The van der Waals surface area contributed by atoms with Crippen LogP contribution in [0.2, 0.25) is 0 Å². The molecule has 0 amide bonds. The molecule has 1 aromatic rings. The van der Waals surface area contributed by atoms with Gasteiger partial charge >= 0.3 is 0 Å². The van der Waals surface area contributed by atoms with E-state index in [1.54, 1.807) is 19.9 Å². The minimum absolute atomic E-state index is 0.683. The lowest BCUT2D eigenvalue weighted by Crippen LogP contribution is -2.13. The van der Waals surface area contributed by atoms with Crippen LogP contribution in [0.15, 0.2) is 16.7 Å². The average molecular weight is 125 g/mol. The fourth-order valence-corrected chi connectivity index (χ4v) is 0.562. The van der Waals surface area contributed by atoms with Crippen molar-refractivity contribution in [1.29, 1.82) is 0 Å². The molecule has 1 aromatic heterocycles. The fourth-order valence-electron chi connectivity index (χ4n) is 0.562. The van der Waals surface area contributed by atoms with Gasteiger partial charge in [0.25, 0.3) is 0 Å². The van der Waals surface area contributed by atoms with E-state index >= 15 is 0 Å². The first-order valence-corrected chi connectivity index (χ1v) is 2.79. The van der Waals surface area contributed by atoms with Crippen molar-refractivity contribution in [1.82, 2.24) is 0 Å². The molecule has 0 aromatic carbocycles. The van der Waals surface area contributed by atoms with E-state index in [0.717, 1.165) is 0 Å². The fraction of sp³-hybridized carbons (Fsp3) is 0.429. The Bertz CT molecular complexity index is 169. The number of rotatable bonds is 1. The Kier molecular flexibility index (Phi) is 1.33. The molecule has 1 rings (SSSR count). The summed E-state index contributed by atoms with van der Waals surface area (Å²) in [6.45, 7) is 3.38. The number of hydrogen-bond acceptors (Lipinski definition) is 2. The molecule has 0 aliphatic rings. The summed E-state index contributed by atoms with van der Waals surface area (Å²) in [6, 6.07) is 1.69. The van der Waals surface area contributed by atoms with Gasteiger partial charge in [-0.3, -0.25) is 0 Å². The van der Waals surface area contributed by atoms with Crippen LogP contribution < -0.4 is 0 Å². The lowest BCUT2D eigenvalue weighted by atomic mass is 10.0. The standard InChI is InChI=1S/C7H9O2/c1-7(2,8)6-3-4-9-5-6/h3-4,8H,1-2H3. The Labute approximate surface area is 54.1 Å². The molecule has 0 saturated heterocycles. The van der Waals surface area contributed by atoms with Crippen molar-refractivity contribution in [2.75, 3.05) is 0 Å². The van der Waals surface area contributed by atoms with Crippen LogP contribution in [0.25, 0.3) is 0 Å². The summed E-state index contributed by atoms with van der Waals surface area (Å²) in [5, 5.41) is 9.29. The summed E-state index contributed by atoms with van der Waals surface area (Å²) in [5.41, 5.74) is -0.144. The van der Waals surface area contributed by atoms with Crippen molar-refractivity contribution in [2.24, 2.45) is 0 Å². The molecule has 1 N–H and O–H groups in total. The zero-order chi connectivity index (χ0) is 6.91. The van der Waals surface area contributed by atoms with E-state index < -0.39 is 5.60 Å². The molecular weight excluding hydrogens is 116 g/mol. The molecule has 2 nitrogen and oxygen atoms in total. The monoisotopic (exact) mass is 125 g/mol. The molecule has 1 heterocycles. The second kappa shape index (κ2) is 1.88. The van der Waals surface area contributed by atoms with Gasteiger partial charge in [-0.2, -0.15) is 0 Å². The molecule has 0 saturated carbocycles. The topological polar surface area (TPSA) is 33.4 Å². The largest absolute Gasteiger partial charge is 0.461 e. The number of aliphatic hydroxyl groups is 1. The first-order valence-electron chi connectivity index (χ1n) is 2.79. The van der Waals surface area contributed by atoms with Crippen molar-refractivity contribution in [3.63, 3.8) is 0 Å². The van der Waals surface area contributed by atoms with Gasteiger partial charge in [-0.05, 0) is 19.9 Å². The molecule has 0 aliphatic heterocycles. The van der Waals surface area contributed by atoms with E-state index in [1.807, 2.05) is 0 Å². The van der Waals surface area contributed by atoms with E-state index in [4.69, 9.17) is 0 Å². The van der Waals surface area contributed by atoms with Gasteiger partial charge in [0.2, 0.25) is 0 Å². The van der Waals surface area contributed by atoms with Crippen molar-refractivity contribution in [2.45, 2.75) is 19.4 Å².